The highest BCUT2D eigenvalue weighted by Gasteiger charge is 2.43. The molecule has 38 heavy (non-hydrogen) atoms. The van der Waals surface area contributed by atoms with E-state index in [1.165, 1.54) is 17.3 Å². The zero-order valence-electron chi connectivity index (χ0n) is 22.1. The average molecular weight is 519 g/mol. The lowest BCUT2D eigenvalue weighted by Crippen LogP contribution is -2.44. The van der Waals surface area contributed by atoms with Gasteiger partial charge >= 0.3 is 5.97 Å². The summed E-state index contributed by atoms with van der Waals surface area (Å²) in [5.74, 6) is -0.162. The van der Waals surface area contributed by atoms with E-state index in [-0.39, 0.29) is 24.9 Å². The molecule has 0 aromatic heterocycles. The van der Waals surface area contributed by atoms with Crippen molar-refractivity contribution in [3.8, 4) is 11.5 Å². The largest absolute Gasteiger partial charge is 0.496 e. The number of fused-ring (bicyclic) bond motifs is 2. The van der Waals surface area contributed by atoms with E-state index in [0.29, 0.717) is 11.3 Å². The highest BCUT2D eigenvalue weighted by atomic mass is 19.1. The molecule has 3 aromatic carbocycles. The molecule has 3 aromatic rings. The number of hydrogen-bond donors (Lipinski definition) is 1. The summed E-state index contributed by atoms with van der Waals surface area (Å²) in [7, 11) is 3.88. The summed E-state index contributed by atoms with van der Waals surface area (Å²) in [5, 5.41) is 8.81. The number of rotatable bonds is 9. The van der Waals surface area contributed by atoms with Crippen LogP contribution in [0, 0.1) is 5.82 Å². The van der Waals surface area contributed by atoms with E-state index in [0.717, 1.165) is 55.9 Å². The zero-order valence-corrected chi connectivity index (χ0v) is 22.1. The molecule has 6 nitrogen and oxygen atoms in total. The monoisotopic (exact) mass is 518 g/mol. The van der Waals surface area contributed by atoms with Gasteiger partial charge in [-0.1, -0.05) is 36.4 Å². The minimum absolute atomic E-state index is 0.104. The van der Waals surface area contributed by atoms with E-state index in [4.69, 9.17) is 14.6 Å². The molecule has 1 saturated heterocycles. The van der Waals surface area contributed by atoms with Crippen molar-refractivity contribution >= 4 is 11.7 Å². The normalized spacial score (nSPS) is 16.4. The molecular weight excluding hydrogens is 483 g/mol. The van der Waals surface area contributed by atoms with Crippen molar-refractivity contribution in [3.63, 3.8) is 0 Å². The predicted molar refractivity (Wildman–Crippen MR) is 146 cm³/mol. The van der Waals surface area contributed by atoms with Crippen LogP contribution in [0.25, 0.3) is 0 Å². The summed E-state index contributed by atoms with van der Waals surface area (Å²) >= 11 is 0. The summed E-state index contributed by atoms with van der Waals surface area (Å²) in [4.78, 5) is 15.6. The van der Waals surface area contributed by atoms with Crippen LogP contribution in [0.15, 0.2) is 60.7 Å². The number of aliphatic carboxylic acids is 1. The van der Waals surface area contributed by atoms with Crippen LogP contribution >= 0.6 is 0 Å². The molecule has 0 atom stereocenters. The molecular formula is C31H35FN2O4. The number of anilines is 1. The van der Waals surface area contributed by atoms with Crippen LogP contribution < -0.4 is 14.4 Å². The summed E-state index contributed by atoms with van der Waals surface area (Å²) in [6.07, 6.45) is 2.35. The summed E-state index contributed by atoms with van der Waals surface area (Å²) in [6.45, 7) is 4.30. The number of nitrogens with zero attached hydrogens (tertiary/aromatic N) is 2. The Balaban J connectivity index is 1.18. The maximum absolute atomic E-state index is 14.3. The number of piperidine rings is 1. The standard InChI is InChI=1S/C31H35FN2O4/c1-33-21-31(26-5-3-4-6-28(26)33)13-15-34(16-14-31)19-24-8-7-22(17-29(24)37-2)20-38-25-11-9-23(27(32)18-25)10-12-30(35)36/h3-9,11,17-18H,10,12-16,19-21H2,1-2H3,(H,35,36). The Labute approximate surface area is 223 Å². The SMILES string of the molecule is COc1cc(COc2ccc(CCC(=O)O)c(F)c2)ccc1CN1CCC2(CC1)CN(C)c1ccccc12. The van der Waals surface area contributed by atoms with Gasteiger partial charge in [0.15, 0.2) is 0 Å². The van der Waals surface area contributed by atoms with Crippen molar-refractivity contribution in [2.24, 2.45) is 0 Å². The lowest BCUT2D eigenvalue weighted by atomic mass is 9.74. The number of aryl methyl sites for hydroxylation is 1. The maximum atomic E-state index is 14.3. The second kappa shape index (κ2) is 11.0. The fraction of sp³-hybridized carbons (Fsp3) is 0.387. The van der Waals surface area contributed by atoms with Gasteiger partial charge in [0.2, 0.25) is 0 Å². The Morgan fingerprint density at radius 3 is 2.55 bits per heavy atom. The highest BCUT2D eigenvalue weighted by molar-refractivity contribution is 5.67. The Kier molecular flexibility index (Phi) is 7.56. The van der Waals surface area contributed by atoms with Crippen LogP contribution in [0.4, 0.5) is 10.1 Å². The van der Waals surface area contributed by atoms with Crippen LogP contribution in [-0.4, -0.2) is 49.8 Å². The van der Waals surface area contributed by atoms with Gasteiger partial charge in [0.25, 0.3) is 0 Å². The number of benzene rings is 3. The van der Waals surface area contributed by atoms with Crippen LogP contribution in [0.1, 0.15) is 41.5 Å². The van der Waals surface area contributed by atoms with Crippen molar-refractivity contribution in [1.29, 1.82) is 0 Å². The third-order valence-electron chi connectivity index (χ3n) is 8.02. The molecule has 0 bridgehead atoms. The zero-order chi connectivity index (χ0) is 26.7. The van der Waals surface area contributed by atoms with Gasteiger partial charge in [0.05, 0.1) is 7.11 Å². The van der Waals surface area contributed by atoms with Crippen molar-refractivity contribution < 1.29 is 23.8 Å². The number of hydrogen-bond acceptors (Lipinski definition) is 5. The van der Waals surface area contributed by atoms with Crippen LogP contribution in [-0.2, 0) is 29.8 Å². The number of halogens is 1. The topological polar surface area (TPSA) is 62.2 Å². The first-order chi connectivity index (χ1) is 18.4. The molecule has 200 valence electrons. The Morgan fingerprint density at radius 1 is 1.05 bits per heavy atom. The number of para-hydroxylation sites is 1. The molecule has 5 rings (SSSR count). The molecule has 1 fully saturated rings. The number of carboxylic acid groups (broad SMARTS) is 1. The third-order valence-corrected chi connectivity index (χ3v) is 8.02. The summed E-state index contributed by atoms with van der Waals surface area (Å²) in [5.41, 5.74) is 5.57. The summed E-state index contributed by atoms with van der Waals surface area (Å²) in [6, 6.07) is 19.5. The van der Waals surface area contributed by atoms with Gasteiger partial charge in [-0.3, -0.25) is 9.69 Å². The Bertz CT molecular complexity index is 1300. The van der Waals surface area contributed by atoms with Gasteiger partial charge in [-0.05, 0) is 67.2 Å². The number of likely N-dealkylation sites (tertiary alicyclic amines) is 1. The van der Waals surface area contributed by atoms with E-state index >= 15 is 0 Å². The predicted octanol–water partition coefficient (Wildman–Crippen LogP) is 5.41. The molecule has 2 heterocycles. The highest BCUT2D eigenvalue weighted by Crippen LogP contribution is 2.46. The van der Waals surface area contributed by atoms with Crippen molar-refractivity contribution in [2.45, 2.75) is 44.2 Å². The van der Waals surface area contributed by atoms with Gasteiger partial charge < -0.3 is 19.5 Å². The van der Waals surface area contributed by atoms with Gasteiger partial charge in [-0.15, -0.1) is 0 Å². The van der Waals surface area contributed by atoms with Gasteiger partial charge in [0, 0.05) is 49.3 Å². The molecule has 0 saturated carbocycles. The number of carboxylic acids is 1. The quantitative estimate of drug-likeness (QED) is 0.409. The van der Waals surface area contributed by atoms with Gasteiger partial charge in [-0.2, -0.15) is 0 Å². The van der Waals surface area contributed by atoms with Crippen molar-refractivity contribution in [2.75, 3.05) is 38.7 Å². The minimum Gasteiger partial charge on any atom is -0.496 e. The third kappa shape index (κ3) is 5.48. The molecule has 2 aliphatic rings. The molecule has 1 N–H and O–H groups in total. The first kappa shape index (κ1) is 26.0. The maximum Gasteiger partial charge on any atom is 0.303 e. The number of methoxy groups -OCH3 is 1. The van der Waals surface area contributed by atoms with E-state index in [1.807, 2.05) is 12.1 Å². The lowest BCUT2D eigenvalue weighted by Gasteiger charge is -2.40. The van der Waals surface area contributed by atoms with Gasteiger partial charge in [0.1, 0.15) is 23.9 Å². The molecule has 2 aliphatic heterocycles. The smallest absolute Gasteiger partial charge is 0.303 e. The fourth-order valence-electron chi connectivity index (χ4n) is 5.93. The van der Waals surface area contributed by atoms with Crippen LogP contribution in [0.3, 0.4) is 0 Å². The van der Waals surface area contributed by atoms with E-state index in [9.17, 15) is 9.18 Å². The second-order valence-electron chi connectivity index (χ2n) is 10.5. The van der Waals surface area contributed by atoms with Gasteiger partial charge in [-0.25, -0.2) is 4.39 Å². The molecule has 0 radical (unpaired) electrons. The first-order valence-corrected chi connectivity index (χ1v) is 13.2. The second-order valence-corrected chi connectivity index (χ2v) is 10.5. The number of ether oxygens (including phenoxy) is 2. The molecule has 1 spiro atoms. The number of carbonyl (C=O) groups is 1. The fourth-order valence-corrected chi connectivity index (χ4v) is 5.93. The first-order valence-electron chi connectivity index (χ1n) is 13.2. The average Bonchev–Trinajstić information content (AvgIpc) is 3.19. The lowest BCUT2D eigenvalue weighted by molar-refractivity contribution is -0.136. The molecule has 7 heteroatoms. The Hall–Kier alpha value is -3.58. The van der Waals surface area contributed by atoms with Crippen LogP contribution in [0.5, 0.6) is 11.5 Å². The Morgan fingerprint density at radius 2 is 1.82 bits per heavy atom. The van der Waals surface area contributed by atoms with E-state index < -0.39 is 11.8 Å². The van der Waals surface area contributed by atoms with Crippen LogP contribution in [0.2, 0.25) is 0 Å². The minimum atomic E-state index is -0.946. The molecule has 0 aliphatic carbocycles. The van der Waals surface area contributed by atoms with E-state index in [1.54, 1.807) is 19.2 Å². The van der Waals surface area contributed by atoms with Crippen molar-refractivity contribution in [3.05, 3.63) is 88.7 Å². The number of likely N-dealkylation sites (N-methyl/N-ethyl adjacent to an activating group) is 1. The molecule has 0 unspecified atom stereocenters. The summed E-state index contributed by atoms with van der Waals surface area (Å²) < 4.78 is 25.8. The molecule has 0 amide bonds. The van der Waals surface area contributed by atoms with Crippen molar-refractivity contribution in [1.82, 2.24) is 4.90 Å². The van der Waals surface area contributed by atoms with E-state index in [2.05, 4.69) is 47.2 Å².